The molecular weight excluding hydrogens is 329 g/mol. The minimum absolute atomic E-state index is 0.325. The first-order chi connectivity index (χ1) is 10.7. The highest BCUT2D eigenvalue weighted by Gasteiger charge is 2.42. The van der Waals surface area contributed by atoms with Gasteiger partial charge in [-0.1, -0.05) is 0 Å². The van der Waals surface area contributed by atoms with Gasteiger partial charge in [0, 0.05) is 0 Å². The van der Waals surface area contributed by atoms with Crippen LogP contribution >= 0.6 is 0 Å². The Morgan fingerprint density at radius 1 is 1.22 bits per heavy atom. The van der Waals surface area contributed by atoms with Gasteiger partial charge in [0.15, 0.2) is 12.9 Å². The average molecular weight is 339 g/mol. The molecule has 0 radical (unpaired) electrons. The van der Waals surface area contributed by atoms with Crippen LogP contribution in [0.4, 0.5) is 22.0 Å². The number of tetrazole rings is 1. The van der Waals surface area contributed by atoms with Crippen LogP contribution in [0.2, 0.25) is 0 Å². The summed E-state index contributed by atoms with van der Waals surface area (Å²) >= 11 is 0. The average Bonchev–Trinajstić information content (AvgIpc) is 2.97. The molecule has 0 bridgehead atoms. The second kappa shape index (κ2) is 6.40. The molecule has 1 N–H and O–H groups in total. The van der Waals surface area contributed by atoms with Gasteiger partial charge in [-0.2, -0.15) is 26.7 Å². The zero-order valence-electron chi connectivity index (χ0n) is 11.3. The molecule has 7 nitrogen and oxygen atoms in total. The van der Waals surface area contributed by atoms with Gasteiger partial charge >= 0.3 is 12.1 Å². The first kappa shape index (κ1) is 17.0. The molecule has 0 aromatic carbocycles. The Balaban J connectivity index is 2.04. The van der Waals surface area contributed by atoms with Crippen LogP contribution in [0.1, 0.15) is 5.69 Å². The van der Waals surface area contributed by atoms with Crippen molar-refractivity contribution in [2.45, 2.75) is 24.7 Å². The molecule has 0 saturated carbocycles. The quantitative estimate of drug-likeness (QED) is 0.795. The summed E-state index contributed by atoms with van der Waals surface area (Å²) in [5.74, 6) is -4.09. The van der Waals surface area contributed by atoms with Crippen molar-refractivity contribution in [2.24, 2.45) is 0 Å². The van der Waals surface area contributed by atoms with Crippen molar-refractivity contribution in [3.8, 4) is 5.75 Å². The summed E-state index contributed by atoms with van der Waals surface area (Å²) < 4.78 is 68.3. The van der Waals surface area contributed by atoms with Crippen molar-refractivity contribution in [1.82, 2.24) is 25.2 Å². The third kappa shape index (κ3) is 4.55. The van der Waals surface area contributed by atoms with Gasteiger partial charge in [0.1, 0.15) is 17.5 Å². The molecule has 0 fully saturated rings. The molecule has 0 aliphatic heterocycles. The first-order valence-electron chi connectivity index (χ1n) is 6.11. The molecule has 1 unspecified atom stereocenters. The van der Waals surface area contributed by atoms with Gasteiger partial charge in [-0.25, -0.2) is 0 Å². The molecule has 12 heteroatoms. The minimum Gasteiger partial charge on any atom is -0.483 e. The van der Waals surface area contributed by atoms with Crippen molar-refractivity contribution in [1.29, 1.82) is 0 Å². The maximum Gasteiger partial charge on any atom is 0.422 e. The van der Waals surface area contributed by atoms with Crippen LogP contribution in [0.5, 0.6) is 5.75 Å². The highest BCUT2D eigenvalue weighted by atomic mass is 19.4. The summed E-state index contributed by atoms with van der Waals surface area (Å²) in [5.41, 5.74) is -0.829. The summed E-state index contributed by atoms with van der Waals surface area (Å²) in [4.78, 5) is 4.10. The maximum absolute atomic E-state index is 14.0. The SMILES string of the molecule is OC(Cn1ncnn1)C(F)(F)c1ccc(OCC(F)(F)F)cn1. The number of aliphatic hydroxyl groups is 1. The number of hydrogen-bond donors (Lipinski definition) is 1. The van der Waals surface area contributed by atoms with Crippen molar-refractivity contribution in [3.63, 3.8) is 0 Å². The summed E-state index contributed by atoms with van der Waals surface area (Å²) in [6, 6.07) is 1.67. The number of nitrogens with zero attached hydrogens (tertiary/aromatic N) is 5. The highest BCUT2D eigenvalue weighted by molar-refractivity contribution is 5.22. The zero-order valence-corrected chi connectivity index (χ0v) is 11.3. The fraction of sp³-hybridized carbons (Fsp3) is 0.455. The number of aromatic nitrogens is 5. The lowest BCUT2D eigenvalue weighted by molar-refractivity contribution is -0.153. The molecule has 2 aromatic rings. The Bertz CT molecular complexity index is 617. The van der Waals surface area contributed by atoms with Gasteiger partial charge in [0.25, 0.3) is 0 Å². The summed E-state index contributed by atoms with van der Waals surface area (Å²) in [6.45, 7) is -2.20. The van der Waals surface area contributed by atoms with E-state index in [1.54, 1.807) is 0 Å². The summed E-state index contributed by atoms with van der Waals surface area (Å²) in [5, 5.41) is 19.7. The summed E-state index contributed by atoms with van der Waals surface area (Å²) in [6.07, 6.45) is -5.03. The predicted molar refractivity (Wildman–Crippen MR) is 63.5 cm³/mol. The normalized spacial score (nSPS) is 13.8. The van der Waals surface area contributed by atoms with Crippen molar-refractivity contribution < 1.29 is 31.8 Å². The molecule has 126 valence electrons. The van der Waals surface area contributed by atoms with Gasteiger partial charge in [-0.15, -0.1) is 10.2 Å². The number of pyridine rings is 1. The number of rotatable bonds is 6. The fourth-order valence-electron chi connectivity index (χ4n) is 1.54. The van der Waals surface area contributed by atoms with E-state index in [1.165, 1.54) is 0 Å². The van der Waals surface area contributed by atoms with E-state index in [-0.39, 0.29) is 5.75 Å². The topological polar surface area (TPSA) is 86.0 Å². The molecule has 0 aliphatic carbocycles. The van der Waals surface area contributed by atoms with E-state index in [2.05, 4.69) is 25.1 Å². The van der Waals surface area contributed by atoms with E-state index >= 15 is 0 Å². The Morgan fingerprint density at radius 3 is 2.48 bits per heavy atom. The van der Waals surface area contributed by atoms with E-state index in [9.17, 15) is 27.1 Å². The smallest absolute Gasteiger partial charge is 0.422 e. The Labute approximate surface area is 125 Å². The van der Waals surface area contributed by atoms with Crippen molar-refractivity contribution in [3.05, 3.63) is 30.4 Å². The van der Waals surface area contributed by atoms with Crippen LogP contribution in [0.3, 0.4) is 0 Å². The van der Waals surface area contributed by atoms with Gasteiger partial charge in [-0.3, -0.25) is 4.98 Å². The van der Waals surface area contributed by atoms with E-state index < -0.39 is 37.0 Å². The van der Waals surface area contributed by atoms with Crippen LogP contribution in [0, 0.1) is 0 Å². The predicted octanol–water partition coefficient (Wildman–Crippen LogP) is 1.16. The van der Waals surface area contributed by atoms with Crippen LogP contribution in [-0.4, -0.2) is 49.2 Å². The number of alkyl halides is 5. The lowest BCUT2D eigenvalue weighted by Gasteiger charge is -2.21. The molecule has 0 aliphatic rings. The molecule has 2 heterocycles. The Kier molecular flexibility index (Phi) is 4.73. The third-order valence-corrected chi connectivity index (χ3v) is 2.63. The van der Waals surface area contributed by atoms with Crippen molar-refractivity contribution >= 4 is 0 Å². The first-order valence-corrected chi connectivity index (χ1v) is 6.11. The van der Waals surface area contributed by atoms with E-state index in [4.69, 9.17) is 0 Å². The Hall–Kier alpha value is -2.37. The number of aliphatic hydroxyl groups excluding tert-OH is 1. The van der Waals surface area contributed by atoms with E-state index in [1.807, 2.05) is 0 Å². The van der Waals surface area contributed by atoms with Crippen LogP contribution in [-0.2, 0) is 12.5 Å². The fourth-order valence-corrected chi connectivity index (χ4v) is 1.54. The second-order valence-corrected chi connectivity index (χ2v) is 4.41. The van der Waals surface area contributed by atoms with Crippen LogP contribution in [0.25, 0.3) is 0 Å². The second-order valence-electron chi connectivity index (χ2n) is 4.41. The standard InChI is InChI=1S/C11H10F5N5O2/c12-10(13,14)5-23-7-1-2-8(17-3-7)11(15,16)9(22)4-21-19-6-18-20-21/h1-3,6,9,22H,4-5H2. The van der Waals surface area contributed by atoms with Gasteiger partial charge in [0.05, 0.1) is 12.7 Å². The molecule has 0 saturated heterocycles. The van der Waals surface area contributed by atoms with Gasteiger partial charge < -0.3 is 9.84 Å². The molecule has 23 heavy (non-hydrogen) atoms. The number of halogens is 5. The Morgan fingerprint density at radius 2 is 1.96 bits per heavy atom. The van der Waals surface area contributed by atoms with Gasteiger partial charge in [0.2, 0.25) is 0 Å². The van der Waals surface area contributed by atoms with Gasteiger partial charge in [-0.05, 0) is 17.3 Å². The third-order valence-electron chi connectivity index (χ3n) is 2.63. The van der Waals surface area contributed by atoms with E-state index in [0.29, 0.717) is 0 Å². The molecule has 0 amide bonds. The monoisotopic (exact) mass is 339 g/mol. The molecule has 1 atom stereocenters. The van der Waals surface area contributed by atoms with Crippen LogP contribution in [0.15, 0.2) is 24.7 Å². The molecular formula is C11H10F5N5O2. The zero-order chi connectivity index (χ0) is 17.1. The number of hydrogen-bond acceptors (Lipinski definition) is 6. The minimum atomic E-state index is -4.55. The lowest BCUT2D eigenvalue weighted by atomic mass is 10.1. The van der Waals surface area contributed by atoms with E-state index in [0.717, 1.165) is 29.5 Å². The van der Waals surface area contributed by atoms with Crippen LogP contribution < -0.4 is 4.74 Å². The summed E-state index contributed by atoms with van der Waals surface area (Å²) in [7, 11) is 0. The molecule has 0 spiro atoms. The lowest BCUT2D eigenvalue weighted by Crippen LogP contribution is -2.36. The highest BCUT2D eigenvalue weighted by Crippen LogP contribution is 2.31. The molecule has 2 rings (SSSR count). The maximum atomic E-state index is 14.0. The largest absolute Gasteiger partial charge is 0.483 e. The number of ether oxygens (including phenoxy) is 1. The molecule has 2 aromatic heterocycles. The van der Waals surface area contributed by atoms with Crippen molar-refractivity contribution in [2.75, 3.05) is 6.61 Å².